The Bertz CT molecular complexity index is 1470. The van der Waals surface area contributed by atoms with Crippen molar-refractivity contribution in [2.45, 2.75) is 47.0 Å². The van der Waals surface area contributed by atoms with Gasteiger partial charge in [0.2, 0.25) is 5.95 Å². The summed E-state index contributed by atoms with van der Waals surface area (Å²) in [5.41, 5.74) is 7.88. The summed E-state index contributed by atoms with van der Waals surface area (Å²) in [7, 11) is 0. The molecule has 0 spiro atoms. The smallest absolute Gasteiger partial charge is 0.229 e. The first kappa shape index (κ1) is 25.7. The number of anilines is 2. The normalized spacial score (nSPS) is 14.0. The quantitative estimate of drug-likeness (QED) is 0.240. The molecule has 3 aromatic rings. The molecular weight excluding hydrogens is 456 g/mol. The number of nitrogens with zero attached hydrogens (tertiary/aromatic N) is 4. The van der Waals surface area contributed by atoms with Crippen LogP contribution in [0, 0.1) is 42.4 Å². The first-order valence-electron chi connectivity index (χ1n) is 12.7. The van der Waals surface area contributed by atoms with Gasteiger partial charge in [0.15, 0.2) is 0 Å². The van der Waals surface area contributed by atoms with Crippen molar-refractivity contribution in [3.8, 4) is 23.3 Å². The molecule has 0 amide bonds. The Hall–Kier alpha value is -4.42. The number of nitriles is 2. The van der Waals surface area contributed by atoms with E-state index in [1.165, 1.54) is 18.9 Å². The third-order valence-electron chi connectivity index (χ3n) is 6.52. The molecule has 0 bridgehead atoms. The fraction of sp³-hybridized carbons (Fsp3) is 0.290. The Morgan fingerprint density at radius 2 is 1.86 bits per heavy atom. The van der Waals surface area contributed by atoms with Crippen molar-refractivity contribution >= 4 is 28.7 Å². The fourth-order valence-electron chi connectivity index (χ4n) is 4.41. The molecule has 186 valence electrons. The summed E-state index contributed by atoms with van der Waals surface area (Å²) < 4.78 is 0. The molecule has 4 rings (SSSR count). The van der Waals surface area contributed by atoms with Gasteiger partial charge in [-0.05, 0) is 92.5 Å². The Labute approximate surface area is 219 Å². The largest absolute Gasteiger partial charge is 0.369 e. The molecule has 2 aromatic carbocycles. The van der Waals surface area contributed by atoms with Gasteiger partial charge in [0, 0.05) is 34.8 Å². The first-order chi connectivity index (χ1) is 17.9. The van der Waals surface area contributed by atoms with Gasteiger partial charge >= 0.3 is 0 Å². The SMILES string of the molecule is CC/C(=C\C=C(/C)C#N)Nc1nc(NCC2CC2)c2cccc(-c3c(C)cc(/C=C/C#N)cc3C)c2n1. The van der Waals surface area contributed by atoms with Crippen molar-refractivity contribution < 1.29 is 0 Å². The lowest BCUT2D eigenvalue weighted by molar-refractivity contribution is 0.884. The molecule has 1 saturated carbocycles. The van der Waals surface area contributed by atoms with Crippen LogP contribution in [0.5, 0.6) is 0 Å². The summed E-state index contributed by atoms with van der Waals surface area (Å²) in [5.74, 6) is 2.05. The van der Waals surface area contributed by atoms with Crippen LogP contribution in [0.3, 0.4) is 0 Å². The number of hydrogen-bond acceptors (Lipinski definition) is 6. The maximum Gasteiger partial charge on any atom is 0.229 e. The Kier molecular flexibility index (Phi) is 8.01. The second-order valence-electron chi connectivity index (χ2n) is 9.55. The Morgan fingerprint density at radius 3 is 2.51 bits per heavy atom. The number of aryl methyl sites for hydroxylation is 2. The lowest BCUT2D eigenvalue weighted by Crippen LogP contribution is -2.10. The lowest BCUT2D eigenvalue weighted by Gasteiger charge is -2.17. The molecule has 37 heavy (non-hydrogen) atoms. The van der Waals surface area contributed by atoms with Crippen LogP contribution in [0.25, 0.3) is 28.1 Å². The van der Waals surface area contributed by atoms with Crippen molar-refractivity contribution in [1.82, 2.24) is 9.97 Å². The highest BCUT2D eigenvalue weighted by Crippen LogP contribution is 2.37. The summed E-state index contributed by atoms with van der Waals surface area (Å²) in [6.45, 7) is 8.93. The van der Waals surface area contributed by atoms with Crippen molar-refractivity contribution in [2.24, 2.45) is 5.92 Å². The van der Waals surface area contributed by atoms with E-state index in [-0.39, 0.29) is 0 Å². The zero-order chi connectivity index (χ0) is 26.4. The van der Waals surface area contributed by atoms with E-state index in [9.17, 15) is 0 Å². The molecule has 0 unspecified atom stereocenters. The minimum absolute atomic E-state index is 0.526. The predicted octanol–water partition coefficient (Wildman–Crippen LogP) is 7.45. The maximum absolute atomic E-state index is 9.10. The van der Waals surface area contributed by atoms with E-state index in [1.54, 1.807) is 13.0 Å². The van der Waals surface area contributed by atoms with Crippen molar-refractivity contribution in [1.29, 1.82) is 10.5 Å². The minimum Gasteiger partial charge on any atom is -0.369 e. The molecule has 6 heteroatoms. The van der Waals surface area contributed by atoms with Gasteiger partial charge < -0.3 is 10.6 Å². The number of fused-ring (bicyclic) bond motifs is 1. The number of benzene rings is 2. The second kappa shape index (κ2) is 11.5. The minimum atomic E-state index is 0.526. The number of nitrogens with one attached hydrogen (secondary N) is 2. The van der Waals surface area contributed by atoms with Gasteiger partial charge in [-0.1, -0.05) is 31.2 Å². The summed E-state index contributed by atoms with van der Waals surface area (Å²) in [5, 5.41) is 26.0. The van der Waals surface area contributed by atoms with Crippen LogP contribution >= 0.6 is 0 Å². The van der Waals surface area contributed by atoms with E-state index in [4.69, 9.17) is 20.5 Å². The van der Waals surface area contributed by atoms with Crippen molar-refractivity contribution in [3.63, 3.8) is 0 Å². The zero-order valence-corrected chi connectivity index (χ0v) is 21.9. The molecule has 1 aliphatic carbocycles. The van der Waals surface area contributed by atoms with Gasteiger partial charge in [0.1, 0.15) is 5.82 Å². The van der Waals surface area contributed by atoms with Gasteiger partial charge in [-0.3, -0.25) is 0 Å². The molecule has 1 aliphatic rings. The van der Waals surface area contributed by atoms with E-state index in [0.717, 1.165) is 63.2 Å². The second-order valence-corrected chi connectivity index (χ2v) is 9.55. The van der Waals surface area contributed by atoms with E-state index in [0.29, 0.717) is 17.4 Å². The van der Waals surface area contributed by atoms with Gasteiger partial charge in [0.25, 0.3) is 0 Å². The monoisotopic (exact) mass is 488 g/mol. The van der Waals surface area contributed by atoms with Crippen LogP contribution in [0.2, 0.25) is 0 Å². The number of para-hydroxylation sites is 1. The summed E-state index contributed by atoms with van der Waals surface area (Å²) in [6, 6.07) is 14.7. The fourth-order valence-corrected chi connectivity index (χ4v) is 4.41. The number of allylic oxidation sites excluding steroid dienone is 5. The van der Waals surface area contributed by atoms with E-state index in [2.05, 4.69) is 73.9 Å². The lowest BCUT2D eigenvalue weighted by atomic mass is 9.92. The molecular formula is C31H32N6. The molecule has 0 radical (unpaired) electrons. The highest BCUT2D eigenvalue weighted by atomic mass is 15.1. The average Bonchev–Trinajstić information content (AvgIpc) is 3.72. The van der Waals surface area contributed by atoms with Crippen LogP contribution in [-0.4, -0.2) is 16.5 Å². The van der Waals surface area contributed by atoms with E-state index < -0.39 is 0 Å². The molecule has 1 fully saturated rings. The third-order valence-corrected chi connectivity index (χ3v) is 6.52. The molecule has 6 nitrogen and oxygen atoms in total. The van der Waals surface area contributed by atoms with Gasteiger partial charge in [-0.15, -0.1) is 0 Å². The standard InChI is InChI=1S/C31H32N6/c1-5-25(14-11-20(2)18-33)35-31-36-29-26(28-21(3)16-24(8-7-15-32)17-22(28)4)9-6-10-27(29)30(37-31)34-19-23-12-13-23/h6-11,14,16-17,23H,5,12-13,19H2,1-4H3,(H2,34,35,36,37)/b8-7+,20-11+,25-14+. The predicted molar refractivity (Wildman–Crippen MR) is 152 cm³/mol. The van der Waals surface area contributed by atoms with Crippen LogP contribution in [0.1, 0.15) is 49.8 Å². The highest BCUT2D eigenvalue weighted by molar-refractivity contribution is 6.01. The molecule has 0 aliphatic heterocycles. The summed E-state index contributed by atoms with van der Waals surface area (Å²) in [6.07, 6.45) is 10.3. The third kappa shape index (κ3) is 6.23. The molecule has 0 saturated heterocycles. The van der Waals surface area contributed by atoms with Gasteiger partial charge in [-0.25, -0.2) is 4.98 Å². The number of hydrogen-bond donors (Lipinski definition) is 2. The van der Waals surface area contributed by atoms with Crippen LogP contribution in [-0.2, 0) is 0 Å². The molecule has 2 N–H and O–H groups in total. The summed E-state index contributed by atoms with van der Waals surface area (Å²) in [4.78, 5) is 9.86. The Balaban J connectivity index is 1.85. The van der Waals surface area contributed by atoms with Crippen molar-refractivity contribution in [2.75, 3.05) is 17.2 Å². The Morgan fingerprint density at radius 1 is 1.11 bits per heavy atom. The van der Waals surface area contributed by atoms with Crippen molar-refractivity contribution in [3.05, 3.63) is 76.5 Å². The topological polar surface area (TPSA) is 97.4 Å². The number of aromatic nitrogens is 2. The summed E-state index contributed by atoms with van der Waals surface area (Å²) >= 11 is 0. The molecule has 1 heterocycles. The first-order valence-corrected chi connectivity index (χ1v) is 12.7. The maximum atomic E-state index is 9.10. The average molecular weight is 489 g/mol. The molecule has 0 atom stereocenters. The van der Waals surface area contributed by atoms with Crippen LogP contribution < -0.4 is 10.6 Å². The van der Waals surface area contributed by atoms with E-state index in [1.807, 2.05) is 12.2 Å². The van der Waals surface area contributed by atoms with Gasteiger partial charge in [-0.2, -0.15) is 15.5 Å². The van der Waals surface area contributed by atoms with Crippen LogP contribution in [0.4, 0.5) is 11.8 Å². The molecule has 1 aromatic heterocycles. The van der Waals surface area contributed by atoms with Gasteiger partial charge in [0.05, 0.1) is 17.7 Å². The highest BCUT2D eigenvalue weighted by Gasteiger charge is 2.22. The van der Waals surface area contributed by atoms with E-state index >= 15 is 0 Å². The number of rotatable bonds is 9. The van der Waals surface area contributed by atoms with Crippen LogP contribution in [0.15, 0.2) is 59.8 Å². The zero-order valence-electron chi connectivity index (χ0n) is 21.9.